The van der Waals surface area contributed by atoms with Gasteiger partial charge in [0.25, 0.3) is 0 Å². The van der Waals surface area contributed by atoms with E-state index in [2.05, 4.69) is 11.4 Å². The second-order valence-electron chi connectivity index (χ2n) is 9.62. The molecule has 2 aliphatic rings. The van der Waals surface area contributed by atoms with Gasteiger partial charge in [-0.2, -0.15) is 5.26 Å². The van der Waals surface area contributed by atoms with Crippen molar-refractivity contribution in [3.8, 4) is 6.07 Å². The predicted octanol–water partition coefficient (Wildman–Crippen LogP) is 3.89. The van der Waals surface area contributed by atoms with Gasteiger partial charge in [-0.05, 0) is 62.9 Å². The number of hydrogen-bond donors (Lipinski definition) is 1. The first-order valence-corrected chi connectivity index (χ1v) is 13.5. The molecule has 1 aliphatic heterocycles. The highest BCUT2D eigenvalue weighted by Crippen LogP contribution is 2.38. The summed E-state index contributed by atoms with van der Waals surface area (Å²) < 4.78 is 27.0. The summed E-state index contributed by atoms with van der Waals surface area (Å²) in [6.07, 6.45) is 0.949. The first kappa shape index (κ1) is 25.5. The van der Waals surface area contributed by atoms with Crippen LogP contribution in [0.25, 0.3) is 0 Å². The molecule has 10 heteroatoms. The molecule has 0 radical (unpaired) electrons. The fourth-order valence-corrected chi connectivity index (χ4v) is 6.75. The first-order valence-electron chi connectivity index (χ1n) is 11.2. The molecular weight excluding hydrogens is 509 g/mol. The number of hydrogen-bond acceptors (Lipinski definition) is 5. The van der Waals surface area contributed by atoms with Crippen LogP contribution in [0.5, 0.6) is 0 Å². The number of carbonyl (C=O) groups is 2. The Morgan fingerprint density at radius 1 is 1.11 bits per heavy atom. The number of rotatable bonds is 6. The van der Waals surface area contributed by atoms with Gasteiger partial charge in [-0.3, -0.25) is 9.59 Å². The number of nitriles is 1. The number of nitrogens with one attached hydrogen (secondary N) is 1. The highest BCUT2D eigenvalue weighted by atomic mass is 35.5. The number of amides is 2. The summed E-state index contributed by atoms with van der Waals surface area (Å²) in [6.45, 7) is 3.28. The zero-order valence-corrected chi connectivity index (χ0v) is 21.6. The van der Waals surface area contributed by atoms with Crippen LogP contribution in [0.2, 0.25) is 10.0 Å². The van der Waals surface area contributed by atoms with Gasteiger partial charge >= 0.3 is 0 Å². The third-order valence-electron chi connectivity index (χ3n) is 6.84. The van der Waals surface area contributed by atoms with Crippen molar-refractivity contribution >= 4 is 44.9 Å². The Morgan fingerprint density at radius 3 is 2.31 bits per heavy atom. The van der Waals surface area contributed by atoms with Gasteiger partial charge in [-0.25, -0.2) is 8.42 Å². The maximum atomic E-state index is 13.8. The smallest absolute Gasteiger partial charge is 0.244 e. The quantitative estimate of drug-likeness (QED) is 0.605. The Hall–Kier alpha value is -2.60. The lowest BCUT2D eigenvalue weighted by atomic mass is 9.83. The van der Waals surface area contributed by atoms with Gasteiger partial charge in [0.1, 0.15) is 11.6 Å². The molecule has 1 saturated carbocycles. The molecule has 4 rings (SSSR count). The van der Waals surface area contributed by atoms with Gasteiger partial charge in [-0.1, -0.05) is 47.5 Å². The minimum Gasteiger partial charge on any atom is -0.336 e. The Morgan fingerprint density at radius 2 is 1.74 bits per heavy atom. The van der Waals surface area contributed by atoms with Crippen molar-refractivity contribution in [1.29, 1.82) is 5.26 Å². The second-order valence-corrected chi connectivity index (χ2v) is 12.7. The molecule has 184 valence electrons. The fraction of sp³-hybridized carbons (Fsp3) is 0.400. The minimum absolute atomic E-state index is 0.0345. The molecule has 1 saturated heterocycles. The lowest BCUT2D eigenvalue weighted by Crippen LogP contribution is -2.53. The number of nitrogens with zero attached hydrogens (tertiary/aromatic N) is 2. The Labute approximate surface area is 214 Å². The number of likely N-dealkylation sites (tertiary alicyclic amines) is 1. The van der Waals surface area contributed by atoms with Crippen molar-refractivity contribution in [2.45, 2.75) is 60.3 Å². The van der Waals surface area contributed by atoms with Crippen molar-refractivity contribution in [2.75, 3.05) is 6.54 Å². The maximum absolute atomic E-state index is 13.8. The van der Waals surface area contributed by atoms with Crippen LogP contribution >= 0.6 is 23.2 Å². The lowest BCUT2D eigenvalue weighted by molar-refractivity contribution is -0.142. The summed E-state index contributed by atoms with van der Waals surface area (Å²) in [4.78, 5) is 28.4. The van der Waals surface area contributed by atoms with E-state index in [0.717, 1.165) is 0 Å². The monoisotopic (exact) mass is 533 g/mol. The van der Waals surface area contributed by atoms with E-state index in [1.807, 2.05) is 0 Å². The largest absolute Gasteiger partial charge is 0.336 e. The number of carbonyl (C=O) groups excluding carboxylic acids is 2. The third kappa shape index (κ3) is 4.77. The molecule has 2 fully saturated rings. The van der Waals surface area contributed by atoms with E-state index >= 15 is 0 Å². The van der Waals surface area contributed by atoms with Crippen LogP contribution < -0.4 is 5.32 Å². The summed E-state index contributed by atoms with van der Waals surface area (Å²) in [5, 5.41) is 11.7. The molecule has 0 bridgehead atoms. The average molecular weight is 534 g/mol. The lowest BCUT2D eigenvalue weighted by Gasteiger charge is -2.33. The first-order chi connectivity index (χ1) is 16.4. The van der Waals surface area contributed by atoms with Gasteiger partial charge < -0.3 is 10.2 Å². The van der Waals surface area contributed by atoms with Crippen LogP contribution in [0.1, 0.15) is 38.7 Å². The van der Waals surface area contributed by atoms with Crippen LogP contribution in [0.15, 0.2) is 53.4 Å². The molecule has 1 N–H and O–H groups in total. The zero-order valence-electron chi connectivity index (χ0n) is 19.3. The van der Waals surface area contributed by atoms with Gasteiger partial charge in [0.2, 0.25) is 11.8 Å². The van der Waals surface area contributed by atoms with Gasteiger partial charge in [0, 0.05) is 11.6 Å². The van der Waals surface area contributed by atoms with Gasteiger partial charge in [0.15, 0.2) is 9.84 Å². The van der Waals surface area contributed by atoms with Crippen molar-refractivity contribution in [2.24, 2.45) is 0 Å². The topological polar surface area (TPSA) is 107 Å². The van der Waals surface area contributed by atoms with Gasteiger partial charge in [0.05, 0.1) is 26.7 Å². The number of halogens is 2. The standard InChI is InChI=1S/C25H25Cl2N3O4S/c1-24(2,16-7-9-17(26)10-8-16)23(32)30-14-18(35(33,34)21-6-4-3-5-19(21)27)13-20(30)22(31)29-25(15-28)11-12-25/h3-10,18,20H,11-14H2,1-2H3,(H,29,31)/t18-,20+/m1/s1. The van der Waals surface area contributed by atoms with Crippen molar-refractivity contribution in [1.82, 2.24) is 10.2 Å². The molecule has 2 aromatic carbocycles. The summed E-state index contributed by atoms with van der Waals surface area (Å²) >= 11 is 12.2. The third-order valence-corrected chi connectivity index (χ3v) is 9.72. The molecule has 2 atom stereocenters. The van der Waals surface area contributed by atoms with E-state index in [1.165, 1.54) is 17.0 Å². The van der Waals surface area contributed by atoms with Crippen LogP contribution in [0.3, 0.4) is 0 Å². The number of benzene rings is 2. The molecule has 7 nitrogen and oxygen atoms in total. The Kier molecular flexibility index (Phi) is 6.64. The van der Waals surface area contributed by atoms with E-state index in [4.69, 9.17) is 23.2 Å². The Bertz CT molecular complexity index is 1310. The molecule has 1 heterocycles. The summed E-state index contributed by atoms with van der Waals surface area (Å²) in [5.41, 5.74) is -1.32. The highest BCUT2D eigenvalue weighted by molar-refractivity contribution is 7.92. The van der Waals surface area contributed by atoms with Crippen LogP contribution in [-0.2, 0) is 24.8 Å². The van der Waals surface area contributed by atoms with Crippen molar-refractivity contribution < 1.29 is 18.0 Å². The van der Waals surface area contributed by atoms with E-state index < -0.39 is 43.9 Å². The molecule has 2 amide bonds. The SMILES string of the molecule is CC(C)(C(=O)N1C[C@H](S(=O)(=O)c2ccccc2Cl)C[C@H]1C(=O)NC1(C#N)CC1)c1ccc(Cl)cc1. The zero-order chi connectivity index (χ0) is 25.6. The fourth-order valence-electron chi connectivity index (χ4n) is 4.41. The van der Waals surface area contributed by atoms with Crippen LogP contribution in [-0.4, -0.2) is 48.5 Å². The molecule has 1 aliphatic carbocycles. The normalized spacial score (nSPS) is 21.3. The number of sulfone groups is 1. The van der Waals surface area contributed by atoms with Crippen LogP contribution in [0, 0.1) is 11.3 Å². The minimum atomic E-state index is -3.94. The van der Waals surface area contributed by atoms with E-state index in [-0.39, 0.29) is 22.9 Å². The molecule has 2 aromatic rings. The predicted molar refractivity (Wildman–Crippen MR) is 133 cm³/mol. The van der Waals surface area contributed by atoms with E-state index in [9.17, 15) is 23.3 Å². The second kappa shape index (κ2) is 9.12. The van der Waals surface area contributed by atoms with Crippen molar-refractivity contribution in [3.05, 3.63) is 64.1 Å². The van der Waals surface area contributed by atoms with E-state index in [0.29, 0.717) is 23.4 Å². The molecule has 0 unspecified atom stereocenters. The Balaban J connectivity index is 1.69. The van der Waals surface area contributed by atoms with E-state index in [1.54, 1.807) is 50.2 Å². The summed E-state index contributed by atoms with van der Waals surface area (Å²) in [6, 6.07) is 14.0. The molecule has 0 aromatic heterocycles. The van der Waals surface area contributed by atoms with Gasteiger partial charge in [-0.15, -0.1) is 0 Å². The molecule has 35 heavy (non-hydrogen) atoms. The highest BCUT2D eigenvalue weighted by Gasteiger charge is 2.52. The van der Waals surface area contributed by atoms with Crippen molar-refractivity contribution in [3.63, 3.8) is 0 Å². The summed E-state index contributed by atoms with van der Waals surface area (Å²) in [7, 11) is -3.94. The average Bonchev–Trinajstić information content (AvgIpc) is 3.44. The maximum Gasteiger partial charge on any atom is 0.244 e. The molecular formula is C25H25Cl2N3O4S. The molecule has 0 spiro atoms. The summed E-state index contributed by atoms with van der Waals surface area (Å²) in [5.74, 6) is -0.917. The van der Waals surface area contributed by atoms with Crippen LogP contribution in [0.4, 0.5) is 0 Å².